The molecule has 0 spiro atoms. The van der Waals surface area contributed by atoms with Gasteiger partial charge in [-0.2, -0.15) is 0 Å². The van der Waals surface area contributed by atoms with Gasteiger partial charge in [-0.25, -0.2) is 0 Å². The maximum absolute atomic E-state index is 13.9. The van der Waals surface area contributed by atoms with E-state index in [9.17, 15) is 19.2 Å². The van der Waals surface area contributed by atoms with Gasteiger partial charge in [0.2, 0.25) is 5.91 Å². The zero-order chi connectivity index (χ0) is 31.0. The van der Waals surface area contributed by atoms with Crippen molar-refractivity contribution in [3.63, 3.8) is 0 Å². The molecule has 0 aromatic heterocycles. The Balaban J connectivity index is 1.47. The number of rotatable bonds is 16. The van der Waals surface area contributed by atoms with Crippen molar-refractivity contribution >= 4 is 28.9 Å². The molecule has 0 saturated carbocycles. The van der Waals surface area contributed by atoms with Gasteiger partial charge in [0.1, 0.15) is 11.4 Å². The van der Waals surface area contributed by atoms with Crippen molar-refractivity contribution in [2.45, 2.75) is 51.2 Å². The quantitative estimate of drug-likeness (QED) is 0.297. The number of hydrogen-bond donors (Lipinski definition) is 1. The molecule has 0 radical (unpaired) electrons. The summed E-state index contributed by atoms with van der Waals surface area (Å²) < 4.78 is 10.8. The number of nitrogens with one attached hydrogen (secondary N) is 1. The second-order valence-corrected chi connectivity index (χ2v) is 12.3. The van der Waals surface area contributed by atoms with E-state index in [4.69, 9.17) is 9.47 Å². The van der Waals surface area contributed by atoms with Crippen molar-refractivity contribution in [3.8, 4) is 0 Å². The van der Waals surface area contributed by atoms with Crippen LogP contribution in [-0.4, -0.2) is 93.3 Å². The van der Waals surface area contributed by atoms with Crippen LogP contribution in [-0.2, 0) is 41.5 Å². The molecule has 0 aliphatic carbocycles. The number of amides is 1. The molecule has 4 atom stereocenters. The summed E-state index contributed by atoms with van der Waals surface area (Å²) in [7, 11) is 3.91. The lowest BCUT2D eigenvalue weighted by Crippen LogP contribution is -2.46. The van der Waals surface area contributed by atoms with E-state index in [-0.39, 0.29) is 49.1 Å². The van der Waals surface area contributed by atoms with E-state index in [1.807, 2.05) is 78.5 Å². The molecule has 0 unspecified atom stereocenters. The highest BCUT2D eigenvalue weighted by Crippen LogP contribution is 2.33. The topological polar surface area (TPSA) is 109 Å². The van der Waals surface area contributed by atoms with Crippen molar-refractivity contribution < 1.29 is 28.7 Å². The second kappa shape index (κ2) is 14.9. The van der Waals surface area contributed by atoms with E-state index in [0.717, 1.165) is 16.8 Å². The number of ketones is 3. The molecule has 0 bridgehead atoms. The fourth-order valence-corrected chi connectivity index (χ4v) is 5.46. The molecule has 232 valence electrons. The molecule has 2 saturated heterocycles. The largest absolute Gasteiger partial charge is 0.379 e. The first-order valence-corrected chi connectivity index (χ1v) is 15.2. The molecule has 9 nitrogen and oxygen atoms in total. The van der Waals surface area contributed by atoms with E-state index in [2.05, 4.69) is 5.32 Å². The Kier molecular flexibility index (Phi) is 11.2. The molecule has 2 aliphatic heterocycles. The van der Waals surface area contributed by atoms with Crippen LogP contribution in [0.3, 0.4) is 0 Å². The highest BCUT2D eigenvalue weighted by atomic mass is 16.6. The monoisotopic (exact) mass is 591 g/mol. The molecule has 1 N–H and O–H groups in total. The summed E-state index contributed by atoms with van der Waals surface area (Å²) in [6.45, 7) is 6.70. The number of carbonyl (C=O) groups excluding carboxylic acids is 4. The maximum atomic E-state index is 13.9. The summed E-state index contributed by atoms with van der Waals surface area (Å²) in [6.07, 6.45) is 0.770. The molecular weight excluding hydrogens is 546 g/mol. The van der Waals surface area contributed by atoms with E-state index in [0.29, 0.717) is 39.3 Å². The number of carbonyl (C=O) groups is 4. The van der Waals surface area contributed by atoms with Crippen molar-refractivity contribution in [1.82, 2.24) is 10.2 Å². The molecule has 2 heterocycles. The first-order valence-electron chi connectivity index (χ1n) is 15.2. The third kappa shape index (κ3) is 9.55. The Bertz CT molecular complexity index is 1250. The Labute approximate surface area is 254 Å². The first-order chi connectivity index (χ1) is 20.5. The van der Waals surface area contributed by atoms with Crippen LogP contribution in [0, 0.1) is 11.8 Å². The molecular formula is C34H45N3O6. The minimum Gasteiger partial charge on any atom is -0.379 e. The number of anilines is 1. The van der Waals surface area contributed by atoms with Gasteiger partial charge in [0.05, 0.1) is 32.4 Å². The maximum Gasteiger partial charge on any atom is 0.223 e. The summed E-state index contributed by atoms with van der Waals surface area (Å²) in [5.41, 5.74) is 2.01. The van der Waals surface area contributed by atoms with Crippen molar-refractivity contribution in [2.75, 3.05) is 58.5 Å². The average molecular weight is 592 g/mol. The predicted octanol–water partition coefficient (Wildman–Crippen LogP) is 2.88. The molecule has 4 rings (SSSR count). The van der Waals surface area contributed by atoms with Gasteiger partial charge < -0.3 is 19.7 Å². The van der Waals surface area contributed by atoms with Crippen molar-refractivity contribution in [2.24, 2.45) is 11.8 Å². The van der Waals surface area contributed by atoms with Gasteiger partial charge in [0, 0.05) is 57.5 Å². The van der Waals surface area contributed by atoms with Gasteiger partial charge in [0.15, 0.2) is 11.6 Å². The molecule has 9 heteroatoms. The average Bonchev–Trinajstić information content (AvgIpc) is 3.75. The number of Topliss-reactive ketones (excluding diaryl/α,β-unsaturated/α-hetero) is 3. The van der Waals surface area contributed by atoms with Crippen LogP contribution in [0.4, 0.5) is 5.69 Å². The third-order valence-corrected chi connectivity index (χ3v) is 8.32. The summed E-state index contributed by atoms with van der Waals surface area (Å²) >= 11 is 0. The Morgan fingerprint density at radius 3 is 2.16 bits per heavy atom. The van der Waals surface area contributed by atoms with Crippen molar-refractivity contribution in [1.29, 1.82) is 0 Å². The minimum atomic E-state index is -0.865. The second-order valence-electron chi connectivity index (χ2n) is 12.3. The third-order valence-electron chi connectivity index (χ3n) is 8.32. The summed E-state index contributed by atoms with van der Waals surface area (Å²) in [5.74, 6) is -1.84. The SMILES string of the molecule is C[C@H](CC(=O)CN1CCOCC1)C(=O)N[C@@H](Cc1ccc(N(C)C)cc1)C(=O)C[C@@H](Cc1ccccc1)C(=O)[C@@]1(C)CO1. The smallest absolute Gasteiger partial charge is 0.223 e. The normalized spacial score (nSPS) is 20.5. The molecule has 2 aromatic carbocycles. The van der Waals surface area contributed by atoms with Gasteiger partial charge >= 0.3 is 0 Å². The van der Waals surface area contributed by atoms with Gasteiger partial charge in [0.25, 0.3) is 0 Å². The Hall–Kier alpha value is -3.40. The summed E-state index contributed by atoms with van der Waals surface area (Å²) in [4.78, 5) is 57.5. The number of nitrogens with zero attached hydrogens (tertiary/aromatic N) is 2. The summed E-state index contributed by atoms with van der Waals surface area (Å²) in [6, 6.07) is 16.6. The number of benzene rings is 2. The highest BCUT2D eigenvalue weighted by molar-refractivity contribution is 5.97. The van der Waals surface area contributed by atoms with Crippen LogP contribution < -0.4 is 10.2 Å². The molecule has 2 fully saturated rings. The van der Waals surface area contributed by atoms with Gasteiger partial charge in [-0.3, -0.25) is 24.1 Å². The zero-order valence-corrected chi connectivity index (χ0v) is 25.8. The van der Waals surface area contributed by atoms with Gasteiger partial charge in [-0.15, -0.1) is 0 Å². The fraction of sp³-hybridized carbons (Fsp3) is 0.529. The minimum absolute atomic E-state index is 0.0158. The van der Waals surface area contributed by atoms with E-state index in [1.165, 1.54) is 0 Å². The molecule has 2 aliphatic rings. The Morgan fingerprint density at radius 2 is 1.56 bits per heavy atom. The zero-order valence-electron chi connectivity index (χ0n) is 25.8. The fourth-order valence-electron chi connectivity index (χ4n) is 5.46. The first kappa shape index (κ1) is 32.5. The standard InChI is InChI=1S/C34H45N3O6/c1-24(18-29(38)22-37-14-16-42-17-15-37)33(41)35-30(20-26-10-12-28(13-11-26)36(3)4)31(39)21-27(32(40)34(2)23-43-34)19-25-8-6-5-7-9-25/h5-13,24,27,30H,14-23H2,1-4H3,(H,35,41)/t24-,27-,30+,34-/m1/s1. The van der Waals surface area contributed by atoms with E-state index in [1.54, 1.807) is 13.8 Å². The number of hydrogen-bond acceptors (Lipinski definition) is 8. The molecule has 2 aromatic rings. The highest BCUT2D eigenvalue weighted by Gasteiger charge is 2.50. The van der Waals surface area contributed by atoms with Crippen LogP contribution in [0.5, 0.6) is 0 Å². The lowest BCUT2D eigenvalue weighted by molar-refractivity contribution is -0.134. The van der Waals surface area contributed by atoms with Crippen LogP contribution in [0.1, 0.15) is 37.8 Å². The number of epoxide rings is 1. The Morgan fingerprint density at radius 1 is 0.930 bits per heavy atom. The lowest BCUT2D eigenvalue weighted by Gasteiger charge is -2.26. The predicted molar refractivity (Wildman–Crippen MR) is 165 cm³/mol. The van der Waals surface area contributed by atoms with E-state index < -0.39 is 23.5 Å². The van der Waals surface area contributed by atoms with Gasteiger partial charge in [-0.1, -0.05) is 49.4 Å². The lowest BCUT2D eigenvalue weighted by atomic mass is 9.83. The van der Waals surface area contributed by atoms with Crippen LogP contribution in [0.25, 0.3) is 0 Å². The van der Waals surface area contributed by atoms with Crippen LogP contribution in [0.15, 0.2) is 54.6 Å². The van der Waals surface area contributed by atoms with Gasteiger partial charge in [-0.05, 0) is 43.0 Å². The molecule has 43 heavy (non-hydrogen) atoms. The van der Waals surface area contributed by atoms with E-state index >= 15 is 0 Å². The molecule has 1 amide bonds. The summed E-state index contributed by atoms with van der Waals surface area (Å²) in [5, 5.41) is 2.95. The number of ether oxygens (including phenoxy) is 2. The van der Waals surface area contributed by atoms with Crippen molar-refractivity contribution in [3.05, 3.63) is 65.7 Å². The number of morpholine rings is 1. The van der Waals surface area contributed by atoms with Crippen LogP contribution in [0.2, 0.25) is 0 Å². The van der Waals surface area contributed by atoms with Crippen LogP contribution >= 0.6 is 0 Å².